The zero-order valence-electron chi connectivity index (χ0n) is 12.0. The van der Waals surface area contributed by atoms with E-state index in [-0.39, 0.29) is 11.3 Å². The molecule has 112 valence electrons. The van der Waals surface area contributed by atoms with Gasteiger partial charge in [0.05, 0.1) is 17.4 Å². The van der Waals surface area contributed by atoms with E-state index < -0.39 is 0 Å². The average Bonchev–Trinajstić information content (AvgIpc) is 3.00. The molecule has 0 aliphatic carbocycles. The van der Waals surface area contributed by atoms with Crippen LogP contribution in [0.1, 0.15) is 0 Å². The van der Waals surface area contributed by atoms with Crippen LogP contribution in [0.15, 0.2) is 65.6 Å². The van der Waals surface area contributed by atoms with E-state index in [0.29, 0.717) is 22.4 Å². The van der Waals surface area contributed by atoms with E-state index in [1.165, 1.54) is 6.20 Å². The number of aromatic nitrogens is 4. The maximum atomic E-state index is 12.3. The van der Waals surface area contributed by atoms with Crippen LogP contribution in [0, 0.1) is 0 Å². The standard InChI is InChI=1S/C17H12N4O2/c22-14-9-5-4-8-12(14)15-19-16-13(17(23)20-15)10-18-21(16)11-6-2-1-3-7-11/h1-10,22H,(H,19,20,23). The third kappa shape index (κ3) is 2.17. The van der Waals surface area contributed by atoms with Crippen LogP contribution in [0.4, 0.5) is 0 Å². The number of phenols is 1. The first kappa shape index (κ1) is 13.3. The maximum Gasteiger partial charge on any atom is 0.262 e. The molecule has 6 nitrogen and oxygen atoms in total. The number of hydrogen-bond donors (Lipinski definition) is 2. The molecular formula is C17H12N4O2. The van der Waals surface area contributed by atoms with Crippen molar-refractivity contribution in [3.8, 4) is 22.8 Å². The highest BCUT2D eigenvalue weighted by Gasteiger charge is 2.13. The lowest BCUT2D eigenvalue weighted by molar-refractivity contribution is 0.477. The van der Waals surface area contributed by atoms with Gasteiger partial charge in [-0.15, -0.1) is 0 Å². The Balaban J connectivity index is 2.00. The number of rotatable bonds is 2. The second-order valence-corrected chi connectivity index (χ2v) is 5.06. The fraction of sp³-hybridized carbons (Fsp3) is 0. The molecule has 6 heteroatoms. The summed E-state index contributed by atoms with van der Waals surface area (Å²) < 4.78 is 1.61. The Labute approximate surface area is 130 Å². The first-order valence-electron chi connectivity index (χ1n) is 7.06. The fourth-order valence-electron chi connectivity index (χ4n) is 2.48. The quantitative estimate of drug-likeness (QED) is 0.596. The molecule has 0 radical (unpaired) electrons. The van der Waals surface area contributed by atoms with Crippen LogP contribution in [-0.4, -0.2) is 24.9 Å². The SMILES string of the molecule is O=c1[nH]c(-c2ccccc2O)nc2c1cnn2-c1ccccc1. The predicted molar refractivity (Wildman–Crippen MR) is 86.6 cm³/mol. The van der Waals surface area contributed by atoms with E-state index >= 15 is 0 Å². The van der Waals surface area contributed by atoms with Crippen LogP contribution in [0.3, 0.4) is 0 Å². The molecule has 0 unspecified atom stereocenters. The molecule has 4 aromatic rings. The Morgan fingerprint density at radius 2 is 1.74 bits per heavy atom. The van der Waals surface area contributed by atoms with Crippen LogP contribution in [0.25, 0.3) is 28.1 Å². The van der Waals surface area contributed by atoms with E-state index in [9.17, 15) is 9.90 Å². The molecule has 0 amide bonds. The van der Waals surface area contributed by atoms with Gasteiger partial charge in [0.2, 0.25) is 0 Å². The molecule has 2 N–H and O–H groups in total. The Hall–Kier alpha value is -3.41. The van der Waals surface area contributed by atoms with E-state index in [2.05, 4.69) is 15.1 Å². The lowest BCUT2D eigenvalue weighted by Gasteiger charge is -2.05. The molecule has 2 aromatic carbocycles. The van der Waals surface area contributed by atoms with Crippen LogP contribution >= 0.6 is 0 Å². The number of benzene rings is 2. The molecule has 23 heavy (non-hydrogen) atoms. The summed E-state index contributed by atoms with van der Waals surface area (Å²) in [5, 5.41) is 14.6. The van der Waals surface area contributed by atoms with E-state index in [0.717, 1.165) is 5.69 Å². The van der Waals surface area contributed by atoms with Gasteiger partial charge in [-0.1, -0.05) is 30.3 Å². The molecule has 0 atom stereocenters. The fourth-order valence-corrected chi connectivity index (χ4v) is 2.48. The topological polar surface area (TPSA) is 83.8 Å². The summed E-state index contributed by atoms with van der Waals surface area (Å²) in [4.78, 5) is 19.5. The third-order valence-electron chi connectivity index (χ3n) is 3.60. The molecule has 0 fully saturated rings. The van der Waals surface area contributed by atoms with Crippen molar-refractivity contribution in [2.75, 3.05) is 0 Å². The molecule has 0 saturated carbocycles. The minimum absolute atomic E-state index is 0.0563. The Morgan fingerprint density at radius 3 is 2.52 bits per heavy atom. The van der Waals surface area contributed by atoms with E-state index in [1.807, 2.05) is 30.3 Å². The van der Waals surface area contributed by atoms with Gasteiger partial charge in [-0.05, 0) is 24.3 Å². The Morgan fingerprint density at radius 1 is 1.00 bits per heavy atom. The minimum atomic E-state index is -0.296. The molecule has 0 aliphatic heterocycles. The lowest BCUT2D eigenvalue weighted by Crippen LogP contribution is -2.10. The molecule has 2 heterocycles. The van der Waals surface area contributed by atoms with Gasteiger partial charge in [0.1, 0.15) is 17.0 Å². The van der Waals surface area contributed by atoms with Crippen LogP contribution in [0.2, 0.25) is 0 Å². The Kier molecular flexibility index (Phi) is 2.94. The smallest absolute Gasteiger partial charge is 0.262 e. The molecule has 4 rings (SSSR count). The predicted octanol–water partition coefficient (Wildman–Crippen LogP) is 2.48. The number of aromatic hydroxyl groups is 1. The first-order valence-corrected chi connectivity index (χ1v) is 7.06. The minimum Gasteiger partial charge on any atom is -0.507 e. The van der Waals surface area contributed by atoms with E-state index in [4.69, 9.17) is 0 Å². The second kappa shape index (κ2) is 5.10. The molecule has 0 bridgehead atoms. The van der Waals surface area contributed by atoms with Crippen molar-refractivity contribution in [1.82, 2.24) is 19.7 Å². The largest absolute Gasteiger partial charge is 0.507 e. The van der Waals surface area contributed by atoms with Crippen molar-refractivity contribution in [1.29, 1.82) is 0 Å². The molecule has 2 aromatic heterocycles. The van der Waals surface area contributed by atoms with Gasteiger partial charge in [-0.3, -0.25) is 4.79 Å². The maximum absolute atomic E-state index is 12.3. The number of para-hydroxylation sites is 2. The highest BCUT2D eigenvalue weighted by Crippen LogP contribution is 2.26. The van der Waals surface area contributed by atoms with Crippen LogP contribution in [0.5, 0.6) is 5.75 Å². The van der Waals surface area contributed by atoms with Crippen molar-refractivity contribution in [2.45, 2.75) is 0 Å². The summed E-state index contributed by atoms with van der Waals surface area (Å²) in [6.45, 7) is 0. The number of fused-ring (bicyclic) bond motifs is 1. The van der Waals surface area contributed by atoms with E-state index in [1.54, 1.807) is 28.9 Å². The van der Waals surface area contributed by atoms with Gasteiger partial charge in [0.25, 0.3) is 5.56 Å². The van der Waals surface area contributed by atoms with Gasteiger partial charge in [-0.2, -0.15) is 5.10 Å². The summed E-state index contributed by atoms with van der Waals surface area (Å²) in [6, 6.07) is 16.2. The van der Waals surface area contributed by atoms with Gasteiger partial charge in [0.15, 0.2) is 5.65 Å². The summed E-state index contributed by atoms with van der Waals surface area (Å²) >= 11 is 0. The number of nitrogens with zero attached hydrogens (tertiary/aromatic N) is 3. The number of phenolic OH excluding ortho intramolecular Hbond substituents is 1. The molecule has 0 spiro atoms. The van der Waals surface area contributed by atoms with Gasteiger partial charge < -0.3 is 10.1 Å². The first-order chi connectivity index (χ1) is 11.2. The van der Waals surface area contributed by atoms with Crippen molar-refractivity contribution in [2.24, 2.45) is 0 Å². The van der Waals surface area contributed by atoms with Gasteiger partial charge in [-0.25, -0.2) is 9.67 Å². The van der Waals surface area contributed by atoms with Crippen LogP contribution < -0.4 is 5.56 Å². The molecule has 0 aliphatic rings. The summed E-state index contributed by atoms with van der Waals surface area (Å²) in [7, 11) is 0. The molecule has 0 saturated heterocycles. The van der Waals surface area contributed by atoms with Crippen molar-refractivity contribution >= 4 is 11.0 Å². The average molecular weight is 304 g/mol. The zero-order valence-corrected chi connectivity index (χ0v) is 12.0. The lowest BCUT2D eigenvalue weighted by atomic mass is 10.2. The highest BCUT2D eigenvalue weighted by molar-refractivity contribution is 5.78. The number of H-pyrrole nitrogens is 1. The van der Waals surface area contributed by atoms with Crippen molar-refractivity contribution < 1.29 is 5.11 Å². The number of nitrogens with one attached hydrogen (secondary N) is 1. The monoisotopic (exact) mass is 304 g/mol. The second-order valence-electron chi connectivity index (χ2n) is 5.06. The zero-order chi connectivity index (χ0) is 15.8. The Bertz CT molecular complexity index is 1050. The summed E-state index contributed by atoms with van der Waals surface area (Å²) in [5.74, 6) is 0.360. The van der Waals surface area contributed by atoms with Crippen molar-refractivity contribution in [3.63, 3.8) is 0 Å². The number of hydrogen-bond acceptors (Lipinski definition) is 4. The third-order valence-corrected chi connectivity index (χ3v) is 3.60. The number of aromatic amines is 1. The molecular weight excluding hydrogens is 292 g/mol. The highest BCUT2D eigenvalue weighted by atomic mass is 16.3. The summed E-state index contributed by atoms with van der Waals surface area (Å²) in [6.07, 6.45) is 1.49. The van der Waals surface area contributed by atoms with Crippen molar-refractivity contribution in [3.05, 3.63) is 71.1 Å². The normalized spacial score (nSPS) is 11.0. The van der Waals surface area contributed by atoms with Gasteiger partial charge >= 0.3 is 0 Å². The van der Waals surface area contributed by atoms with Crippen LogP contribution in [-0.2, 0) is 0 Å². The summed E-state index contributed by atoms with van der Waals surface area (Å²) in [5.41, 5.74) is 1.42. The van der Waals surface area contributed by atoms with Gasteiger partial charge in [0, 0.05) is 0 Å².